The number of nitrogens with two attached hydrogens (primary N) is 1. The zero-order valence-corrected chi connectivity index (χ0v) is 18.5. The smallest absolute Gasteiger partial charge is 0.252 e. The van der Waals surface area contributed by atoms with Gasteiger partial charge >= 0.3 is 0 Å². The third-order valence-corrected chi connectivity index (χ3v) is 6.42. The van der Waals surface area contributed by atoms with Crippen LogP contribution in [0.4, 0.5) is 10.7 Å². The molecule has 1 aliphatic carbocycles. The zero-order valence-electron chi connectivity index (χ0n) is 17.7. The Kier molecular flexibility index (Phi) is 6.70. The van der Waals surface area contributed by atoms with E-state index in [-0.39, 0.29) is 11.4 Å². The summed E-state index contributed by atoms with van der Waals surface area (Å²) in [6.07, 6.45) is 3.79. The Morgan fingerprint density at radius 1 is 1.10 bits per heavy atom. The van der Waals surface area contributed by atoms with Crippen LogP contribution in [0.3, 0.4) is 0 Å². The van der Waals surface area contributed by atoms with Gasteiger partial charge in [0.1, 0.15) is 5.00 Å². The lowest BCUT2D eigenvalue weighted by molar-refractivity contribution is -0.114. The fraction of sp³-hybridized carbons (Fsp3) is 0.304. The molecule has 0 spiro atoms. The van der Waals surface area contributed by atoms with Crippen LogP contribution >= 0.6 is 11.3 Å². The lowest BCUT2D eigenvalue weighted by atomic mass is 9.88. The molecule has 1 unspecified atom stereocenters. The molecule has 1 aliphatic rings. The van der Waals surface area contributed by atoms with Crippen LogP contribution in [0, 0.1) is 5.92 Å². The fourth-order valence-electron chi connectivity index (χ4n) is 3.53. The van der Waals surface area contributed by atoms with E-state index in [1.54, 1.807) is 24.3 Å². The number of hydrogen-bond acceptors (Lipinski definition) is 5. The van der Waals surface area contributed by atoms with Gasteiger partial charge in [-0.25, -0.2) is 0 Å². The summed E-state index contributed by atoms with van der Waals surface area (Å²) in [6, 6.07) is 6.47. The average molecular weight is 440 g/mol. The molecule has 8 heteroatoms. The van der Waals surface area contributed by atoms with Crippen LogP contribution in [0.2, 0.25) is 0 Å². The molecule has 0 bridgehead atoms. The van der Waals surface area contributed by atoms with Gasteiger partial charge in [-0.1, -0.05) is 6.92 Å². The SMILES string of the molecule is CC(=O)c1ccc(NC(=O)/C=C(/C)C(=O)Nc2sc3c(c2C(N)=O)CCC(C)C3)cc1. The lowest BCUT2D eigenvalue weighted by Crippen LogP contribution is -2.20. The van der Waals surface area contributed by atoms with Crippen LogP contribution in [0.1, 0.15) is 58.3 Å². The fourth-order valence-corrected chi connectivity index (χ4v) is 4.94. The second-order valence-corrected chi connectivity index (χ2v) is 8.93. The van der Waals surface area contributed by atoms with Crippen molar-refractivity contribution in [2.75, 3.05) is 10.6 Å². The Morgan fingerprint density at radius 2 is 1.77 bits per heavy atom. The van der Waals surface area contributed by atoms with Gasteiger partial charge < -0.3 is 16.4 Å². The van der Waals surface area contributed by atoms with Crippen LogP contribution < -0.4 is 16.4 Å². The van der Waals surface area contributed by atoms with E-state index in [2.05, 4.69) is 17.6 Å². The van der Waals surface area contributed by atoms with Crippen LogP contribution in [-0.2, 0) is 22.4 Å². The number of anilines is 2. The van der Waals surface area contributed by atoms with Crippen molar-refractivity contribution in [1.29, 1.82) is 0 Å². The monoisotopic (exact) mass is 439 g/mol. The maximum Gasteiger partial charge on any atom is 0.252 e. The van der Waals surface area contributed by atoms with E-state index < -0.39 is 17.7 Å². The summed E-state index contributed by atoms with van der Waals surface area (Å²) in [6.45, 7) is 5.14. The largest absolute Gasteiger partial charge is 0.365 e. The van der Waals surface area contributed by atoms with Crippen molar-refractivity contribution in [2.24, 2.45) is 11.7 Å². The standard InChI is InChI=1S/C23H25N3O4S/c1-12-4-9-17-18(10-12)31-23(20(17)21(24)29)26-22(30)13(2)11-19(28)25-16-7-5-15(6-8-16)14(3)27/h5-8,11-12H,4,9-10H2,1-3H3,(H2,24,29)(H,25,28)(H,26,30)/b13-11-. The lowest BCUT2D eigenvalue weighted by Gasteiger charge is -2.18. The number of nitrogens with one attached hydrogen (secondary N) is 2. The van der Waals surface area contributed by atoms with Crippen molar-refractivity contribution >= 4 is 45.5 Å². The van der Waals surface area contributed by atoms with Gasteiger partial charge in [-0.3, -0.25) is 19.2 Å². The number of carbonyl (C=O) groups is 4. The maximum atomic E-state index is 12.6. The molecule has 7 nitrogen and oxygen atoms in total. The molecule has 0 saturated heterocycles. The highest BCUT2D eigenvalue weighted by molar-refractivity contribution is 7.17. The first-order valence-electron chi connectivity index (χ1n) is 10.0. The summed E-state index contributed by atoms with van der Waals surface area (Å²) in [7, 11) is 0. The van der Waals surface area contributed by atoms with Gasteiger partial charge in [0.2, 0.25) is 5.91 Å². The van der Waals surface area contributed by atoms with E-state index in [9.17, 15) is 19.2 Å². The van der Waals surface area contributed by atoms with Crippen LogP contribution in [0.25, 0.3) is 0 Å². The van der Waals surface area contributed by atoms with Crippen molar-refractivity contribution in [3.05, 3.63) is 57.5 Å². The molecule has 0 fully saturated rings. The molecule has 4 N–H and O–H groups in total. The first-order chi connectivity index (χ1) is 14.7. The van der Waals surface area contributed by atoms with Crippen molar-refractivity contribution in [3.8, 4) is 0 Å². The topological polar surface area (TPSA) is 118 Å². The quantitative estimate of drug-likeness (QED) is 0.470. The molecular formula is C23H25N3O4S. The molecule has 1 heterocycles. The minimum absolute atomic E-state index is 0.0645. The number of amides is 3. The highest BCUT2D eigenvalue weighted by Crippen LogP contribution is 2.39. The predicted octanol–water partition coefficient (Wildman–Crippen LogP) is 3.70. The number of rotatable bonds is 6. The van der Waals surface area contributed by atoms with Gasteiger partial charge in [-0.05, 0) is 68.9 Å². The summed E-state index contributed by atoms with van der Waals surface area (Å²) in [4.78, 5) is 49.3. The number of primary amides is 1. The zero-order chi connectivity index (χ0) is 22.7. The van der Waals surface area contributed by atoms with E-state index in [1.165, 1.54) is 31.3 Å². The molecule has 0 radical (unpaired) electrons. The molecule has 2 aromatic rings. The number of Topliss-reactive ketones (excluding diaryl/α,β-unsaturated/α-hetero) is 1. The number of hydrogen-bond donors (Lipinski definition) is 3. The van der Waals surface area contributed by atoms with E-state index in [1.807, 2.05) is 0 Å². The summed E-state index contributed by atoms with van der Waals surface area (Å²) >= 11 is 1.38. The highest BCUT2D eigenvalue weighted by Gasteiger charge is 2.27. The molecule has 3 rings (SSSR count). The normalized spacial score (nSPS) is 15.7. The Balaban J connectivity index is 1.71. The third-order valence-electron chi connectivity index (χ3n) is 5.25. The van der Waals surface area contributed by atoms with E-state index in [0.717, 1.165) is 29.7 Å². The summed E-state index contributed by atoms with van der Waals surface area (Å²) in [5.74, 6) is -1.06. The second-order valence-electron chi connectivity index (χ2n) is 7.82. The van der Waals surface area contributed by atoms with Crippen LogP contribution in [0.5, 0.6) is 0 Å². The third kappa shape index (κ3) is 5.27. The van der Waals surface area contributed by atoms with Crippen molar-refractivity contribution in [1.82, 2.24) is 0 Å². The maximum absolute atomic E-state index is 12.6. The number of thiophene rings is 1. The number of fused-ring (bicyclic) bond motifs is 1. The van der Waals surface area contributed by atoms with Gasteiger partial charge in [0.05, 0.1) is 5.56 Å². The molecule has 1 aromatic heterocycles. The van der Waals surface area contributed by atoms with Gasteiger partial charge in [-0.2, -0.15) is 0 Å². The van der Waals surface area contributed by atoms with Crippen LogP contribution in [-0.4, -0.2) is 23.5 Å². The van der Waals surface area contributed by atoms with Gasteiger partial charge in [0.15, 0.2) is 5.78 Å². The molecule has 31 heavy (non-hydrogen) atoms. The molecule has 0 aliphatic heterocycles. The number of carbonyl (C=O) groups excluding carboxylic acids is 4. The van der Waals surface area contributed by atoms with E-state index >= 15 is 0 Å². The van der Waals surface area contributed by atoms with Gasteiger partial charge in [-0.15, -0.1) is 11.3 Å². The Hall–Kier alpha value is -3.26. The molecule has 1 aromatic carbocycles. The minimum Gasteiger partial charge on any atom is -0.365 e. The van der Waals surface area contributed by atoms with E-state index in [0.29, 0.717) is 27.7 Å². The molecule has 0 saturated carbocycles. The molecular weight excluding hydrogens is 414 g/mol. The summed E-state index contributed by atoms with van der Waals surface area (Å²) in [5.41, 5.74) is 8.13. The van der Waals surface area contributed by atoms with Crippen molar-refractivity contribution in [3.63, 3.8) is 0 Å². The second kappa shape index (κ2) is 9.26. The molecule has 162 valence electrons. The van der Waals surface area contributed by atoms with E-state index in [4.69, 9.17) is 5.73 Å². The predicted molar refractivity (Wildman–Crippen MR) is 121 cm³/mol. The number of benzene rings is 1. The Labute approximate surface area is 184 Å². The molecule has 1 atom stereocenters. The van der Waals surface area contributed by atoms with Crippen molar-refractivity contribution < 1.29 is 19.2 Å². The van der Waals surface area contributed by atoms with Gasteiger partial charge in [0, 0.05) is 27.8 Å². The van der Waals surface area contributed by atoms with Crippen LogP contribution in [0.15, 0.2) is 35.9 Å². The van der Waals surface area contributed by atoms with Crippen molar-refractivity contribution in [2.45, 2.75) is 40.0 Å². The van der Waals surface area contributed by atoms with Gasteiger partial charge in [0.25, 0.3) is 11.8 Å². The minimum atomic E-state index is -0.560. The Bertz CT molecular complexity index is 1080. The number of ketones is 1. The Morgan fingerprint density at radius 3 is 2.39 bits per heavy atom. The highest BCUT2D eigenvalue weighted by atomic mass is 32.1. The summed E-state index contributed by atoms with van der Waals surface area (Å²) in [5, 5.41) is 5.83. The average Bonchev–Trinajstić information content (AvgIpc) is 3.05. The molecule has 3 amide bonds. The first-order valence-corrected chi connectivity index (χ1v) is 10.8. The first kappa shape index (κ1) is 22.4. The summed E-state index contributed by atoms with van der Waals surface area (Å²) < 4.78 is 0.